The van der Waals surface area contributed by atoms with Crippen molar-refractivity contribution in [1.82, 2.24) is 0 Å². The maximum Gasteiger partial charge on any atom is 0.147 e. The highest BCUT2D eigenvalue weighted by Crippen LogP contribution is 2.14. The maximum absolute atomic E-state index is 5.12. The predicted molar refractivity (Wildman–Crippen MR) is 41.9 cm³/mol. The minimum absolute atomic E-state index is 0.0278. The van der Waals surface area contributed by atoms with Crippen LogP contribution in [0.5, 0.6) is 0 Å². The Bertz CT molecular complexity index is 71.3. The summed E-state index contributed by atoms with van der Waals surface area (Å²) in [5, 5.41) is 0. The summed E-state index contributed by atoms with van der Waals surface area (Å²) >= 11 is 0. The summed E-state index contributed by atoms with van der Waals surface area (Å²) in [6.45, 7) is 9.47. The van der Waals surface area contributed by atoms with Gasteiger partial charge in [-0.1, -0.05) is 20.3 Å². The zero-order chi connectivity index (χ0) is 8.04. The lowest BCUT2D eigenvalue weighted by molar-refractivity contribution is 0.0121. The molecule has 0 atom stereocenters. The molecule has 0 aromatic rings. The van der Waals surface area contributed by atoms with Crippen LogP contribution in [0.2, 0.25) is 0 Å². The molecule has 0 radical (unpaired) electrons. The molecular weight excluding hydrogens is 128 g/mol. The van der Waals surface area contributed by atoms with Crippen molar-refractivity contribution in [3.8, 4) is 0 Å². The molecule has 0 aromatic heterocycles. The number of ether oxygens (including phenoxy) is 2. The van der Waals surface area contributed by atoms with Crippen molar-refractivity contribution in [3.63, 3.8) is 0 Å². The van der Waals surface area contributed by atoms with Crippen molar-refractivity contribution in [2.75, 3.05) is 13.4 Å². The van der Waals surface area contributed by atoms with Crippen LogP contribution in [0, 0.1) is 0 Å². The van der Waals surface area contributed by atoms with Crippen LogP contribution >= 0.6 is 0 Å². The fraction of sp³-hybridized carbons (Fsp3) is 1.00. The van der Waals surface area contributed by atoms with E-state index in [1.165, 1.54) is 6.42 Å². The Hall–Kier alpha value is -0.0800. The fourth-order valence-electron chi connectivity index (χ4n) is 0.530. The van der Waals surface area contributed by atoms with Gasteiger partial charge < -0.3 is 9.47 Å². The van der Waals surface area contributed by atoms with Crippen LogP contribution in [0.3, 0.4) is 0 Å². The maximum atomic E-state index is 5.12. The van der Waals surface area contributed by atoms with Gasteiger partial charge in [-0.15, -0.1) is 0 Å². The molecule has 2 nitrogen and oxygen atoms in total. The first-order valence-corrected chi connectivity index (χ1v) is 3.84. The second-order valence-electron chi connectivity index (χ2n) is 3.08. The molecule has 1 aliphatic heterocycles. The summed E-state index contributed by atoms with van der Waals surface area (Å²) in [5.74, 6) is 0. The topological polar surface area (TPSA) is 18.5 Å². The Morgan fingerprint density at radius 1 is 1.30 bits per heavy atom. The van der Waals surface area contributed by atoms with Crippen molar-refractivity contribution < 1.29 is 9.47 Å². The highest BCUT2D eigenvalue weighted by atomic mass is 16.7. The third kappa shape index (κ3) is 4.77. The fourth-order valence-corrected chi connectivity index (χ4v) is 0.530. The van der Waals surface area contributed by atoms with E-state index in [2.05, 4.69) is 13.8 Å². The Balaban J connectivity index is 0.000000236. The van der Waals surface area contributed by atoms with Crippen molar-refractivity contribution in [2.24, 2.45) is 0 Å². The molecule has 0 amide bonds. The Morgan fingerprint density at radius 3 is 1.90 bits per heavy atom. The molecule has 0 N–H and O–H groups in total. The van der Waals surface area contributed by atoms with Crippen LogP contribution in [-0.4, -0.2) is 19.0 Å². The van der Waals surface area contributed by atoms with E-state index in [9.17, 15) is 0 Å². The van der Waals surface area contributed by atoms with E-state index >= 15 is 0 Å². The van der Waals surface area contributed by atoms with E-state index in [0.29, 0.717) is 6.79 Å². The molecule has 0 bridgehead atoms. The van der Waals surface area contributed by atoms with Gasteiger partial charge in [0.25, 0.3) is 0 Å². The Labute approximate surface area is 63.5 Å². The lowest BCUT2D eigenvalue weighted by atomic mass is 10.2. The average molecular weight is 146 g/mol. The van der Waals surface area contributed by atoms with E-state index in [1.807, 2.05) is 13.8 Å². The van der Waals surface area contributed by atoms with Gasteiger partial charge in [-0.2, -0.15) is 0 Å². The van der Waals surface area contributed by atoms with E-state index in [-0.39, 0.29) is 5.60 Å². The summed E-state index contributed by atoms with van der Waals surface area (Å²) in [6, 6.07) is 0. The van der Waals surface area contributed by atoms with Crippen LogP contribution < -0.4 is 0 Å². The SMILES string of the molecule is CC1(C)COCO1.CCC. The highest BCUT2D eigenvalue weighted by Gasteiger charge is 2.23. The van der Waals surface area contributed by atoms with Crippen molar-refractivity contribution in [1.29, 1.82) is 0 Å². The molecule has 0 aromatic carbocycles. The molecule has 62 valence electrons. The molecule has 2 heteroatoms. The van der Waals surface area contributed by atoms with Crippen LogP contribution in [0.25, 0.3) is 0 Å². The van der Waals surface area contributed by atoms with Gasteiger partial charge in [-0.25, -0.2) is 0 Å². The summed E-state index contributed by atoms with van der Waals surface area (Å²) < 4.78 is 10.1. The standard InChI is InChI=1S/C5H10O2.C3H8/c1-5(2)3-6-4-7-5;1-3-2/h3-4H2,1-2H3;3H2,1-2H3. The number of hydrogen-bond donors (Lipinski definition) is 0. The van der Waals surface area contributed by atoms with Crippen LogP contribution in [0.4, 0.5) is 0 Å². The quantitative estimate of drug-likeness (QED) is 0.521. The molecule has 1 fully saturated rings. The van der Waals surface area contributed by atoms with Gasteiger partial charge in [0.2, 0.25) is 0 Å². The molecule has 0 aliphatic carbocycles. The van der Waals surface area contributed by atoms with Crippen molar-refractivity contribution in [2.45, 2.75) is 39.7 Å². The van der Waals surface area contributed by atoms with Gasteiger partial charge in [-0.05, 0) is 13.8 Å². The minimum atomic E-state index is -0.0278. The van der Waals surface area contributed by atoms with E-state index < -0.39 is 0 Å². The first kappa shape index (κ1) is 9.92. The minimum Gasteiger partial charge on any atom is -0.352 e. The lowest BCUT2D eigenvalue weighted by Gasteiger charge is -2.11. The predicted octanol–water partition coefficient (Wildman–Crippen LogP) is 2.19. The third-order valence-electron chi connectivity index (χ3n) is 0.983. The largest absolute Gasteiger partial charge is 0.352 e. The first-order valence-electron chi connectivity index (χ1n) is 3.84. The lowest BCUT2D eigenvalue weighted by Crippen LogP contribution is -2.20. The Morgan fingerprint density at radius 2 is 1.80 bits per heavy atom. The summed E-state index contributed by atoms with van der Waals surface area (Å²) in [7, 11) is 0. The molecule has 0 unspecified atom stereocenters. The van der Waals surface area contributed by atoms with Crippen LogP contribution in [0.1, 0.15) is 34.1 Å². The van der Waals surface area contributed by atoms with Gasteiger partial charge in [0.1, 0.15) is 6.79 Å². The van der Waals surface area contributed by atoms with E-state index in [4.69, 9.17) is 9.47 Å². The molecule has 0 saturated carbocycles. The molecule has 1 rings (SSSR count). The zero-order valence-electron chi connectivity index (χ0n) is 7.44. The molecule has 1 saturated heterocycles. The summed E-state index contributed by atoms with van der Waals surface area (Å²) in [4.78, 5) is 0. The Kier molecular flexibility index (Phi) is 4.65. The molecule has 10 heavy (non-hydrogen) atoms. The molecule has 1 aliphatic rings. The molecular formula is C8H18O2. The van der Waals surface area contributed by atoms with E-state index in [0.717, 1.165) is 6.61 Å². The second-order valence-corrected chi connectivity index (χ2v) is 3.08. The van der Waals surface area contributed by atoms with Crippen molar-refractivity contribution in [3.05, 3.63) is 0 Å². The highest BCUT2D eigenvalue weighted by molar-refractivity contribution is 4.69. The van der Waals surface area contributed by atoms with Crippen molar-refractivity contribution >= 4 is 0 Å². The summed E-state index contributed by atoms with van der Waals surface area (Å²) in [5.41, 5.74) is -0.0278. The zero-order valence-corrected chi connectivity index (χ0v) is 7.44. The van der Waals surface area contributed by atoms with Gasteiger partial charge in [0, 0.05) is 0 Å². The second kappa shape index (κ2) is 4.69. The van der Waals surface area contributed by atoms with Gasteiger partial charge >= 0.3 is 0 Å². The van der Waals surface area contributed by atoms with Gasteiger partial charge in [-0.3, -0.25) is 0 Å². The van der Waals surface area contributed by atoms with E-state index in [1.54, 1.807) is 0 Å². The normalized spacial score (nSPS) is 21.6. The van der Waals surface area contributed by atoms with Gasteiger partial charge in [0.15, 0.2) is 0 Å². The molecule has 1 heterocycles. The smallest absolute Gasteiger partial charge is 0.147 e. The molecule has 0 spiro atoms. The summed E-state index contributed by atoms with van der Waals surface area (Å²) in [6.07, 6.45) is 1.25. The number of rotatable bonds is 0. The average Bonchev–Trinajstić information content (AvgIpc) is 2.16. The first-order chi connectivity index (χ1) is 4.62. The van der Waals surface area contributed by atoms with Crippen LogP contribution in [-0.2, 0) is 9.47 Å². The number of hydrogen-bond acceptors (Lipinski definition) is 2. The van der Waals surface area contributed by atoms with Crippen LogP contribution in [0.15, 0.2) is 0 Å². The van der Waals surface area contributed by atoms with Gasteiger partial charge in [0.05, 0.1) is 12.2 Å². The third-order valence-corrected chi connectivity index (χ3v) is 0.983. The monoisotopic (exact) mass is 146 g/mol.